The Morgan fingerprint density at radius 1 is 1.20 bits per heavy atom. The van der Waals surface area contributed by atoms with E-state index in [1.807, 2.05) is 12.1 Å². The first-order valence-corrected chi connectivity index (χ1v) is 6.30. The number of aryl methyl sites for hydroxylation is 1. The highest BCUT2D eigenvalue weighted by Crippen LogP contribution is 2.19. The molecular weight excluding hydrogens is 252 g/mol. The van der Waals surface area contributed by atoms with Crippen molar-refractivity contribution >= 4 is 5.69 Å². The highest BCUT2D eigenvalue weighted by Gasteiger charge is 2.10. The lowest BCUT2D eigenvalue weighted by molar-refractivity contribution is 0.424. The minimum atomic E-state index is 0.438. The molecule has 0 unspecified atom stereocenters. The number of hydrogen-bond acceptors (Lipinski definition) is 5. The van der Waals surface area contributed by atoms with Gasteiger partial charge in [0.1, 0.15) is 0 Å². The molecule has 20 heavy (non-hydrogen) atoms. The Kier molecular flexibility index (Phi) is 3.16. The lowest BCUT2D eigenvalue weighted by Crippen LogP contribution is -1.93. The van der Waals surface area contributed by atoms with Gasteiger partial charge in [0, 0.05) is 18.8 Å². The Morgan fingerprint density at radius 2 is 2.05 bits per heavy atom. The fourth-order valence-electron chi connectivity index (χ4n) is 2.00. The van der Waals surface area contributed by atoms with Crippen LogP contribution in [0.25, 0.3) is 11.5 Å². The largest absolute Gasteiger partial charge is 0.397 e. The minimum Gasteiger partial charge on any atom is -0.397 e. The quantitative estimate of drug-likeness (QED) is 0.788. The molecule has 2 aromatic heterocycles. The zero-order valence-electron chi connectivity index (χ0n) is 11.1. The van der Waals surface area contributed by atoms with E-state index in [1.165, 1.54) is 11.1 Å². The molecule has 3 rings (SSSR count). The maximum atomic E-state index is 5.69. The molecule has 0 radical (unpaired) electrons. The van der Waals surface area contributed by atoms with Crippen molar-refractivity contribution in [3.8, 4) is 11.5 Å². The van der Waals surface area contributed by atoms with Crippen molar-refractivity contribution in [2.45, 2.75) is 13.3 Å². The number of pyridine rings is 1. The molecule has 0 saturated carbocycles. The molecule has 5 heteroatoms. The summed E-state index contributed by atoms with van der Waals surface area (Å²) < 4.78 is 5.26. The van der Waals surface area contributed by atoms with Crippen LogP contribution in [0.3, 0.4) is 0 Å². The van der Waals surface area contributed by atoms with Crippen molar-refractivity contribution in [3.05, 3.63) is 59.7 Å². The summed E-state index contributed by atoms with van der Waals surface area (Å²) in [5.41, 5.74) is 9.39. The third-order valence-electron chi connectivity index (χ3n) is 3.08. The summed E-state index contributed by atoms with van der Waals surface area (Å²) in [4.78, 5) is 8.40. The smallest absolute Gasteiger partial charge is 0.259 e. The summed E-state index contributed by atoms with van der Waals surface area (Å²) >= 11 is 0. The zero-order chi connectivity index (χ0) is 13.9. The fraction of sp³-hybridized carbons (Fsp3) is 0.133. The van der Waals surface area contributed by atoms with E-state index in [2.05, 4.69) is 34.2 Å². The van der Waals surface area contributed by atoms with E-state index in [9.17, 15) is 0 Å². The van der Waals surface area contributed by atoms with Gasteiger partial charge in [-0.2, -0.15) is 4.98 Å². The monoisotopic (exact) mass is 266 g/mol. The molecule has 0 aliphatic heterocycles. The summed E-state index contributed by atoms with van der Waals surface area (Å²) in [6.07, 6.45) is 3.88. The van der Waals surface area contributed by atoms with Crippen LogP contribution in [-0.2, 0) is 6.42 Å². The normalized spacial score (nSPS) is 10.7. The van der Waals surface area contributed by atoms with Crippen molar-refractivity contribution in [2.24, 2.45) is 0 Å². The Labute approximate surface area is 116 Å². The van der Waals surface area contributed by atoms with Crippen LogP contribution >= 0.6 is 0 Å². The van der Waals surface area contributed by atoms with Gasteiger partial charge in [-0.3, -0.25) is 4.98 Å². The molecule has 0 aliphatic rings. The molecule has 100 valence electrons. The summed E-state index contributed by atoms with van der Waals surface area (Å²) in [7, 11) is 0. The average Bonchev–Trinajstić information content (AvgIpc) is 2.90. The number of benzene rings is 1. The van der Waals surface area contributed by atoms with Crippen LogP contribution in [0, 0.1) is 6.92 Å². The number of anilines is 1. The molecule has 5 nitrogen and oxygen atoms in total. The summed E-state index contributed by atoms with van der Waals surface area (Å²) in [5, 5.41) is 4.00. The molecule has 2 N–H and O–H groups in total. The van der Waals surface area contributed by atoms with E-state index in [4.69, 9.17) is 10.3 Å². The third kappa shape index (κ3) is 2.51. The Hall–Kier alpha value is -2.69. The second-order valence-electron chi connectivity index (χ2n) is 4.63. The second kappa shape index (κ2) is 5.13. The molecule has 0 bridgehead atoms. The minimum absolute atomic E-state index is 0.438. The van der Waals surface area contributed by atoms with Gasteiger partial charge in [0.2, 0.25) is 0 Å². The van der Waals surface area contributed by atoms with Crippen molar-refractivity contribution in [1.82, 2.24) is 15.1 Å². The lowest BCUT2D eigenvalue weighted by Gasteiger charge is -2.00. The first-order valence-electron chi connectivity index (χ1n) is 6.30. The molecule has 0 amide bonds. The zero-order valence-corrected chi connectivity index (χ0v) is 11.1. The summed E-state index contributed by atoms with van der Waals surface area (Å²) in [6, 6.07) is 9.91. The Bertz CT molecular complexity index is 736. The summed E-state index contributed by atoms with van der Waals surface area (Å²) in [5.74, 6) is 1.09. The van der Waals surface area contributed by atoms with E-state index in [-0.39, 0.29) is 0 Å². The average molecular weight is 266 g/mol. The topological polar surface area (TPSA) is 77.8 Å². The van der Waals surface area contributed by atoms with Crippen LogP contribution < -0.4 is 5.73 Å². The molecule has 0 aliphatic carbocycles. The Balaban J connectivity index is 1.86. The highest BCUT2D eigenvalue weighted by molar-refractivity contribution is 5.57. The maximum absolute atomic E-state index is 5.69. The van der Waals surface area contributed by atoms with E-state index in [0.29, 0.717) is 23.8 Å². The molecule has 0 atom stereocenters. The van der Waals surface area contributed by atoms with E-state index in [1.54, 1.807) is 18.5 Å². The third-order valence-corrected chi connectivity index (χ3v) is 3.08. The van der Waals surface area contributed by atoms with E-state index < -0.39 is 0 Å². The maximum Gasteiger partial charge on any atom is 0.259 e. The van der Waals surface area contributed by atoms with Gasteiger partial charge in [0.15, 0.2) is 5.82 Å². The number of aromatic nitrogens is 3. The predicted molar refractivity (Wildman–Crippen MR) is 75.9 cm³/mol. The summed E-state index contributed by atoms with van der Waals surface area (Å²) in [6.45, 7) is 2.07. The van der Waals surface area contributed by atoms with Gasteiger partial charge in [0.05, 0.1) is 11.3 Å². The number of nitrogens with zero attached hydrogens (tertiary/aromatic N) is 3. The standard InChI is InChI=1S/C15H14N4O/c1-10-4-2-3-5-11(10)7-14-18-15(20-19-14)12-6-13(16)9-17-8-12/h2-6,8-9H,7,16H2,1H3. The van der Waals surface area contributed by atoms with Gasteiger partial charge in [0.25, 0.3) is 5.89 Å². The van der Waals surface area contributed by atoms with Crippen LogP contribution in [-0.4, -0.2) is 15.1 Å². The molecular formula is C15H14N4O. The molecule has 0 fully saturated rings. The van der Waals surface area contributed by atoms with Gasteiger partial charge in [-0.1, -0.05) is 29.4 Å². The van der Waals surface area contributed by atoms with Crippen LogP contribution in [0.4, 0.5) is 5.69 Å². The van der Waals surface area contributed by atoms with Gasteiger partial charge >= 0.3 is 0 Å². The van der Waals surface area contributed by atoms with Crippen molar-refractivity contribution in [3.63, 3.8) is 0 Å². The lowest BCUT2D eigenvalue weighted by atomic mass is 10.1. The van der Waals surface area contributed by atoms with Gasteiger partial charge < -0.3 is 10.3 Å². The molecule has 0 saturated heterocycles. The van der Waals surface area contributed by atoms with Crippen LogP contribution in [0.2, 0.25) is 0 Å². The van der Waals surface area contributed by atoms with E-state index in [0.717, 1.165) is 5.56 Å². The predicted octanol–water partition coefficient (Wildman–Crippen LogP) is 2.61. The fourth-order valence-corrected chi connectivity index (χ4v) is 2.00. The van der Waals surface area contributed by atoms with Crippen molar-refractivity contribution in [1.29, 1.82) is 0 Å². The first-order chi connectivity index (χ1) is 9.72. The van der Waals surface area contributed by atoms with Gasteiger partial charge in [-0.25, -0.2) is 0 Å². The highest BCUT2D eigenvalue weighted by atomic mass is 16.5. The van der Waals surface area contributed by atoms with Crippen LogP contribution in [0.15, 0.2) is 47.2 Å². The van der Waals surface area contributed by atoms with Crippen LogP contribution in [0.5, 0.6) is 0 Å². The number of hydrogen-bond donors (Lipinski definition) is 1. The molecule has 3 aromatic rings. The number of nitrogen functional groups attached to an aromatic ring is 1. The van der Waals surface area contributed by atoms with Crippen molar-refractivity contribution < 1.29 is 4.52 Å². The molecule has 0 spiro atoms. The molecule has 2 heterocycles. The molecule has 1 aromatic carbocycles. The van der Waals surface area contributed by atoms with Gasteiger partial charge in [-0.05, 0) is 24.1 Å². The first kappa shape index (κ1) is 12.3. The van der Waals surface area contributed by atoms with Gasteiger partial charge in [-0.15, -0.1) is 0 Å². The van der Waals surface area contributed by atoms with Crippen molar-refractivity contribution in [2.75, 3.05) is 5.73 Å². The number of rotatable bonds is 3. The Morgan fingerprint density at radius 3 is 2.85 bits per heavy atom. The number of nitrogens with two attached hydrogens (primary N) is 1. The van der Waals surface area contributed by atoms with E-state index >= 15 is 0 Å². The second-order valence-corrected chi connectivity index (χ2v) is 4.63. The SMILES string of the molecule is Cc1ccccc1Cc1noc(-c2cncc(N)c2)n1. The van der Waals surface area contributed by atoms with Crippen LogP contribution in [0.1, 0.15) is 17.0 Å².